The number of nitrogens with two attached hydrogens (primary N) is 1. The fourth-order valence-corrected chi connectivity index (χ4v) is 1.70. The van der Waals surface area contributed by atoms with Gasteiger partial charge in [0.2, 0.25) is 0 Å². The number of hydrogen-bond donors (Lipinski definition) is 1. The van der Waals surface area contributed by atoms with Crippen molar-refractivity contribution in [3.8, 4) is 0 Å². The summed E-state index contributed by atoms with van der Waals surface area (Å²) in [6.07, 6.45) is 2.36. The average molecular weight is 235 g/mol. The first-order chi connectivity index (χ1) is 8.13. The lowest BCUT2D eigenvalue weighted by Crippen LogP contribution is -2.36. The zero-order valence-corrected chi connectivity index (χ0v) is 10.6. The van der Waals surface area contributed by atoms with Gasteiger partial charge in [0.1, 0.15) is 6.04 Å². The number of benzene rings is 1. The molecule has 2 atom stereocenters. The summed E-state index contributed by atoms with van der Waals surface area (Å²) in [6.45, 7) is 3.96. The first kappa shape index (κ1) is 13.7. The molecule has 0 aliphatic carbocycles. The Morgan fingerprint density at radius 1 is 1.35 bits per heavy atom. The van der Waals surface area contributed by atoms with Crippen LogP contribution in [0.2, 0.25) is 0 Å². The van der Waals surface area contributed by atoms with Gasteiger partial charge in [-0.25, -0.2) is 0 Å². The number of ether oxygens (including phenoxy) is 1. The van der Waals surface area contributed by atoms with E-state index in [1.54, 1.807) is 0 Å². The highest BCUT2D eigenvalue weighted by molar-refractivity contribution is 5.76. The van der Waals surface area contributed by atoms with E-state index in [-0.39, 0.29) is 12.1 Å². The van der Waals surface area contributed by atoms with E-state index in [9.17, 15) is 4.79 Å². The highest BCUT2D eigenvalue weighted by Gasteiger charge is 2.17. The lowest BCUT2D eigenvalue weighted by atomic mass is 10.1. The average Bonchev–Trinajstić information content (AvgIpc) is 2.30. The molecule has 17 heavy (non-hydrogen) atoms. The van der Waals surface area contributed by atoms with E-state index in [1.165, 1.54) is 0 Å². The normalized spacial score (nSPS) is 14.1. The molecule has 0 bridgehead atoms. The number of carbonyl (C=O) groups excluding carboxylic acids is 1. The smallest absolute Gasteiger partial charge is 0.323 e. The summed E-state index contributed by atoms with van der Waals surface area (Å²) >= 11 is 0. The molecule has 0 aliphatic rings. The van der Waals surface area contributed by atoms with E-state index < -0.39 is 6.04 Å². The molecule has 0 saturated carbocycles. The molecule has 3 heteroatoms. The second-order valence-electron chi connectivity index (χ2n) is 4.33. The molecule has 0 fully saturated rings. The van der Waals surface area contributed by atoms with Crippen LogP contribution in [0.5, 0.6) is 0 Å². The molecule has 3 nitrogen and oxygen atoms in total. The quantitative estimate of drug-likeness (QED) is 0.770. The summed E-state index contributed by atoms with van der Waals surface area (Å²) in [7, 11) is 0. The van der Waals surface area contributed by atoms with Gasteiger partial charge in [0.25, 0.3) is 0 Å². The van der Waals surface area contributed by atoms with Gasteiger partial charge in [-0.2, -0.15) is 0 Å². The third-order valence-corrected chi connectivity index (χ3v) is 2.61. The standard InChI is InChI=1S/C14H21NO2/c1-3-7-11(2)17-14(16)13(15)10-12-8-5-4-6-9-12/h4-6,8-9,11,13H,3,7,10,15H2,1-2H3/t11-,13-/m0/s1. The molecular weight excluding hydrogens is 214 g/mol. The van der Waals surface area contributed by atoms with Gasteiger partial charge in [0.15, 0.2) is 0 Å². The van der Waals surface area contributed by atoms with Crippen molar-refractivity contribution in [2.45, 2.75) is 45.3 Å². The van der Waals surface area contributed by atoms with Crippen LogP contribution in [0.1, 0.15) is 32.3 Å². The number of esters is 1. The van der Waals surface area contributed by atoms with E-state index in [0.29, 0.717) is 6.42 Å². The molecule has 0 heterocycles. The fourth-order valence-electron chi connectivity index (χ4n) is 1.70. The van der Waals surface area contributed by atoms with Gasteiger partial charge >= 0.3 is 5.97 Å². The van der Waals surface area contributed by atoms with Crippen LogP contribution in [0.4, 0.5) is 0 Å². The summed E-state index contributed by atoms with van der Waals surface area (Å²) in [6, 6.07) is 9.17. The summed E-state index contributed by atoms with van der Waals surface area (Å²) in [5.41, 5.74) is 6.87. The van der Waals surface area contributed by atoms with E-state index in [2.05, 4.69) is 6.92 Å². The second kappa shape index (κ2) is 7.07. The highest BCUT2D eigenvalue weighted by atomic mass is 16.5. The van der Waals surface area contributed by atoms with Gasteiger partial charge in [-0.05, 0) is 25.3 Å². The maximum Gasteiger partial charge on any atom is 0.323 e. The van der Waals surface area contributed by atoms with Crippen LogP contribution in [0.3, 0.4) is 0 Å². The monoisotopic (exact) mass is 235 g/mol. The van der Waals surface area contributed by atoms with E-state index in [4.69, 9.17) is 10.5 Å². The van der Waals surface area contributed by atoms with Gasteiger partial charge in [-0.1, -0.05) is 43.7 Å². The predicted octanol–water partition coefficient (Wildman–Crippen LogP) is 2.29. The van der Waals surface area contributed by atoms with Crippen molar-refractivity contribution in [1.29, 1.82) is 0 Å². The van der Waals surface area contributed by atoms with Crippen molar-refractivity contribution < 1.29 is 9.53 Å². The minimum absolute atomic E-state index is 0.0469. The van der Waals surface area contributed by atoms with Gasteiger partial charge in [0.05, 0.1) is 6.10 Å². The molecule has 0 aliphatic heterocycles. The Bertz CT molecular complexity index is 337. The molecule has 0 amide bonds. The SMILES string of the molecule is CCC[C@H](C)OC(=O)[C@@H](N)Cc1ccccc1. The summed E-state index contributed by atoms with van der Waals surface area (Å²) in [4.78, 5) is 11.7. The van der Waals surface area contributed by atoms with Crippen LogP contribution >= 0.6 is 0 Å². The van der Waals surface area contributed by atoms with E-state index in [0.717, 1.165) is 18.4 Å². The van der Waals surface area contributed by atoms with Crippen molar-refractivity contribution >= 4 is 5.97 Å². The molecule has 0 aromatic heterocycles. The first-order valence-electron chi connectivity index (χ1n) is 6.13. The van der Waals surface area contributed by atoms with Gasteiger partial charge in [0, 0.05) is 0 Å². The molecule has 0 unspecified atom stereocenters. The molecule has 1 aromatic carbocycles. The zero-order chi connectivity index (χ0) is 12.7. The predicted molar refractivity (Wildman–Crippen MR) is 68.6 cm³/mol. The molecule has 1 aromatic rings. The molecule has 94 valence electrons. The van der Waals surface area contributed by atoms with Crippen molar-refractivity contribution in [1.82, 2.24) is 0 Å². The second-order valence-corrected chi connectivity index (χ2v) is 4.33. The Balaban J connectivity index is 2.42. The molecule has 0 saturated heterocycles. The summed E-state index contributed by atoms with van der Waals surface area (Å²) in [5.74, 6) is -0.310. The Hall–Kier alpha value is -1.35. The zero-order valence-electron chi connectivity index (χ0n) is 10.6. The largest absolute Gasteiger partial charge is 0.462 e. The maximum atomic E-state index is 11.7. The van der Waals surface area contributed by atoms with Gasteiger partial charge in [-0.15, -0.1) is 0 Å². The lowest BCUT2D eigenvalue weighted by Gasteiger charge is -2.16. The van der Waals surface area contributed by atoms with Crippen molar-refractivity contribution in [3.63, 3.8) is 0 Å². The topological polar surface area (TPSA) is 52.3 Å². The third kappa shape index (κ3) is 5.00. The number of carbonyl (C=O) groups is 1. The van der Waals surface area contributed by atoms with Crippen LogP contribution in [-0.4, -0.2) is 18.1 Å². The minimum atomic E-state index is -0.572. The third-order valence-electron chi connectivity index (χ3n) is 2.61. The molecule has 0 radical (unpaired) electrons. The van der Waals surface area contributed by atoms with E-state index in [1.807, 2.05) is 37.3 Å². The summed E-state index contributed by atoms with van der Waals surface area (Å²) < 4.78 is 5.26. The van der Waals surface area contributed by atoms with E-state index >= 15 is 0 Å². The van der Waals surface area contributed by atoms with Gasteiger partial charge in [-0.3, -0.25) is 4.79 Å². The fraction of sp³-hybridized carbons (Fsp3) is 0.500. The maximum absolute atomic E-state index is 11.7. The highest BCUT2D eigenvalue weighted by Crippen LogP contribution is 2.06. The Morgan fingerprint density at radius 2 is 2.00 bits per heavy atom. The first-order valence-corrected chi connectivity index (χ1v) is 6.13. The Kier molecular flexibility index (Phi) is 5.70. The van der Waals surface area contributed by atoms with Crippen molar-refractivity contribution in [2.75, 3.05) is 0 Å². The van der Waals surface area contributed by atoms with Crippen molar-refractivity contribution in [2.24, 2.45) is 5.73 Å². The Morgan fingerprint density at radius 3 is 2.59 bits per heavy atom. The summed E-state index contributed by atoms with van der Waals surface area (Å²) in [5, 5.41) is 0. The minimum Gasteiger partial charge on any atom is -0.462 e. The van der Waals surface area contributed by atoms with Crippen molar-refractivity contribution in [3.05, 3.63) is 35.9 Å². The van der Waals surface area contributed by atoms with Crippen LogP contribution < -0.4 is 5.73 Å². The molecule has 0 spiro atoms. The van der Waals surface area contributed by atoms with Crippen LogP contribution in [0.15, 0.2) is 30.3 Å². The molecule has 2 N–H and O–H groups in total. The Labute approximate surface area is 103 Å². The van der Waals surface area contributed by atoms with Gasteiger partial charge < -0.3 is 10.5 Å². The lowest BCUT2D eigenvalue weighted by molar-refractivity contribution is -0.150. The van der Waals surface area contributed by atoms with Crippen LogP contribution in [-0.2, 0) is 16.0 Å². The van der Waals surface area contributed by atoms with Crippen LogP contribution in [0.25, 0.3) is 0 Å². The number of rotatable bonds is 6. The molecular formula is C14H21NO2. The van der Waals surface area contributed by atoms with Crippen LogP contribution in [0, 0.1) is 0 Å². The molecule has 1 rings (SSSR count). The number of hydrogen-bond acceptors (Lipinski definition) is 3.